The SMILES string of the molecule is Cc1ccc(C)c(NS(=O)(=O)c2ccc(N3CCCCC3=O)cc2)c1. The number of anilines is 2. The summed E-state index contributed by atoms with van der Waals surface area (Å²) in [6.07, 6.45) is 2.44. The van der Waals surface area contributed by atoms with Crippen LogP contribution in [0.5, 0.6) is 0 Å². The molecule has 1 amide bonds. The third-order valence-corrected chi connectivity index (χ3v) is 5.80. The number of amides is 1. The van der Waals surface area contributed by atoms with Crippen LogP contribution in [0.3, 0.4) is 0 Å². The van der Waals surface area contributed by atoms with Gasteiger partial charge in [-0.1, -0.05) is 12.1 Å². The van der Waals surface area contributed by atoms with Crippen LogP contribution < -0.4 is 9.62 Å². The number of carbonyl (C=O) groups excluding carboxylic acids is 1. The van der Waals surface area contributed by atoms with E-state index in [-0.39, 0.29) is 10.8 Å². The Bertz CT molecular complexity index is 889. The largest absolute Gasteiger partial charge is 0.312 e. The fraction of sp³-hybridized carbons (Fsp3) is 0.316. The maximum Gasteiger partial charge on any atom is 0.261 e. The lowest BCUT2D eigenvalue weighted by Gasteiger charge is -2.26. The average molecular weight is 358 g/mol. The number of piperidine rings is 1. The molecule has 0 aliphatic carbocycles. The lowest BCUT2D eigenvalue weighted by atomic mass is 10.1. The van der Waals surface area contributed by atoms with Crippen molar-refractivity contribution in [2.75, 3.05) is 16.2 Å². The first-order valence-electron chi connectivity index (χ1n) is 8.37. The number of aryl methyl sites for hydroxylation is 2. The quantitative estimate of drug-likeness (QED) is 0.908. The zero-order valence-electron chi connectivity index (χ0n) is 14.5. The summed E-state index contributed by atoms with van der Waals surface area (Å²) in [5, 5.41) is 0. The Hall–Kier alpha value is -2.34. The summed E-state index contributed by atoms with van der Waals surface area (Å²) < 4.78 is 27.9. The summed E-state index contributed by atoms with van der Waals surface area (Å²) in [4.78, 5) is 13.9. The maximum absolute atomic E-state index is 12.6. The van der Waals surface area contributed by atoms with E-state index >= 15 is 0 Å². The van der Waals surface area contributed by atoms with E-state index in [9.17, 15) is 13.2 Å². The van der Waals surface area contributed by atoms with Gasteiger partial charge in [-0.15, -0.1) is 0 Å². The first-order chi connectivity index (χ1) is 11.9. The molecule has 0 spiro atoms. The van der Waals surface area contributed by atoms with Gasteiger partial charge in [0.15, 0.2) is 0 Å². The molecule has 1 N–H and O–H groups in total. The maximum atomic E-state index is 12.6. The lowest BCUT2D eigenvalue weighted by Crippen LogP contribution is -2.35. The first-order valence-corrected chi connectivity index (χ1v) is 9.86. The number of carbonyl (C=O) groups is 1. The van der Waals surface area contributed by atoms with Gasteiger partial charge >= 0.3 is 0 Å². The second kappa shape index (κ2) is 6.88. The third-order valence-electron chi connectivity index (χ3n) is 4.42. The van der Waals surface area contributed by atoms with E-state index in [0.717, 1.165) is 29.7 Å². The minimum absolute atomic E-state index is 0.0929. The molecule has 3 rings (SSSR count). The van der Waals surface area contributed by atoms with Crippen molar-refractivity contribution in [1.82, 2.24) is 0 Å². The Morgan fingerprint density at radius 3 is 2.40 bits per heavy atom. The Balaban J connectivity index is 1.83. The lowest BCUT2D eigenvalue weighted by molar-refractivity contribution is -0.119. The summed E-state index contributed by atoms with van der Waals surface area (Å²) in [6.45, 7) is 4.47. The van der Waals surface area contributed by atoms with Crippen molar-refractivity contribution in [3.05, 3.63) is 53.6 Å². The standard InChI is InChI=1S/C19H22N2O3S/c1-14-6-7-15(2)18(13-14)20-25(23,24)17-10-8-16(9-11-17)21-12-4-3-5-19(21)22/h6-11,13,20H,3-5,12H2,1-2H3. The van der Waals surface area contributed by atoms with Crippen molar-refractivity contribution in [2.24, 2.45) is 0 Å². The summed E-state index contributed by atoms with van der Waals surface area (Å²) >= 11 is 0. The molecule has 2 aromatic carbocycles. The van der Waals surface area contributed by atoms with Crippen LogP contribution in [0.1, 0.15) is 30.4 Å². The number of rotatable bonds is 4. The zero-order valence-corrected chi connectivity index (χ0v) is 15.3. The van der Waals surface area contributed by atoms with Crippen molar-refractivity contribution in [3.8, 4) is 0 Å². The van der Waals surface area contributed by atoms with Crippen LogP contribution in [-0.2, 0) is 14.8 Å². The fourth-order valence-electron chi connectivity index (χ4n) is 2.93. The molecule has 1 saturated heterocycles. The molecular weight excluding hydrogens is 336 g/mol. The summed E-state index contributed by atoms with van der Waals surface area (Å²) in [5.74, 6) is 0.0929. The van der Waals surface area contributed by atoms with Crippen LogP contribution in [0.2, 0.25) is 0 Å². The van der Waals surface area contributed by atoms with E-state index in [2.05, 4.69) is 4.72 Å². The molecule has 1 aliphatic heterocycles. The molecular formula is C19H22N2O3S. The number of sulfonamides is 1. The van der Waals surface area contributed by atoms with E-state index in [0.29, 0.717) is 18.7 Å². The average Bonchev–Trinajstić information content (AvgIpc) is 2.58. The molecule has 1 fully saturated rings. The Morgan fingerprint density at radius 1 is 1.00 bits per heavy atom. The highest BCUT2D eigenvalue weighted by Crippen LogP contribution is 2.25. The van der Waals surface area contributed by atoms with Gasteiger partial charge < -0.3 is 4.90 Å². The summed E-state index contributed by atoms with van der Waals surface area (Å²) in [6, 6.07) is 12.1. The summed E-state index contributed by atoms with van der Waals surface area (Å²) in [5.41, 5.74) is 3.18. The molecule has 0 unspecified atom stereocenters. The molecule has 0 saturated carbocycles. The van der Waals surface area contributed by atoms with Crippen molar-refractivity contribution in [3.63, 3.8) is 0 Å². The smallest absolute Gasteiger partial charge is 0.261 e. The normalized spacial score (nSPS) is 15.3. The molecule has 0 atom stereocenters. The van der Waals surface area contributed by atoms with Gasteiger partial charge in [-0.05, 0) is 68.1 Å². The second-order valence-electron chi connectivity index (χ2n) is 6.42. The third kappa shape index (κ3) is 3.85. The van der Waals surface area contributed by atoms with Gasteiger partial charge in [-0.2, -0.15) is 0 Å². The van der Waals surface area contributed by atoms with Gasteiger partial charge in [0.1, 0.15) is 0 Å². The van der Waals surface area contributed by atoms with E-state index in [1.54, 1.807) is 29.2 Å². The predicted molar refractivity (Wildman–Crippen MR) is 99.4 cm³/mol. The van der Waals surface area contributed by atoms with Crippen molar-refractivity contribution >= 4 is 27.3 Å². The van der Waals surface area contributed by atoms with E-state index < -0.39 is 10.0 Å². The van der Waals surface area contributed by atoms with Crippen LogP contribution in [0, 0.1) is 13.8 Å². The topological polar surface area (TPSA) is 66.5 Å². The molecule has 132 valence electrons. The van der Waals surface area contributed by atoms with E-state index in [4.69, 9.17) is 0 Å². The highest BCUT2D eigenvalue weighted by Gasteiger charge is 2.21. The molecule has 2 aromatic rings. The van der Waals surface area contributed by atoms with Gasteiger partial charge in [0.2, 0.25) is 5.91 Å². The zero-order chi connectivity index (χ0) is 18.0. The van der Waals surface area contributed by atoms with Gasteiger partial charge in [0, 0.05) is 18.7 Å². The van der Waals surface area contributed by atoms with Crippen molar-refractivity contribution in [1.29, 1.82) is 0 Å². The van der Waals surface area contributed by atoms with Crippen LogP contribution in [-0.4, -0.2) is 20.9 Å². The van der Waals surface area contributed by atoms with Crippen molar-refractivity contribution < 1.29 is 13.2 Å². The van der Waals surface area contributed by atoms with Gasteiger partial charge in [0.25, 0.3) is 10.0 Å². The number of hydrogen-bond donors (Lipinski definition) is 1. The highest BCUT2D eigenvalue weighted by atomic mass is 32.2. The molecule has 5 nitrogen and oxygen atoms in total. The van der Waals surface area contributed by atoms with E-state index in [1.165, 1.54) is 0 Å². The van der Waals surface area contributed by atoms with Gasteiger partial charge in [-0.25, -0.2) is 8.42 Å². The van der Waals surface area contributed by atoms with Crippen LogP contribution in [0.4, 0.5) is 11.4 Å². The molecule has 6 heteroatoms. The summed E-state index contributed by atoms with van der Waals surface area (Å²) in [7, 11) is -3.67. The monoisotopic (exact) mass is 358 g/mol. The first kappa shape index (κ1) is 17.5. The van der Waals surface area contributed by atoms with Gasteiger partial charge in [-0.3, -0.25) is 9.52 Å². The number of benzene rings is 2. The van der Waals surface area contributed by atoms with Crippen LogP contribution >= 0.6 is 0 Å². The molecule has 0 aromatic heterocycles. The number of hydrogen-bond acceptors (Lipinski definition) is 3. The minimum Gasteiger partial charge on any atom is -0.312 e. The molecule has 1 heterocycles. The van der Waals surface area contributed by atoms with Crippen molar-refractivity contribution in [2.45, 2.75) is 38.0 Å². The minimum atomic E-state index is -3.67. The van der Waals surface area contributed by atoms with Crippen LogP contribution in [0.25, 0.3) is 0 Å². The molecule has 0 bridgehead atoms. The number of nitrogens with zero attached hydrogens (tertiary/aromatic N) is 1. The fourth-order valence-corrected chi connectivity index (χ4v) is 4.06. The van der Waals surface area contributed by atoms with Gasteiger partial charge in [0.05, 0.1) is 10.6 Å². The molecule has 1 aliphatic rings. The Kier molecular flexibility index (Phi) is 4.81. The molecule has 0 radical (unpaired) electrons. The highest BCUT2D eigenvalue weighted by molar-refractivity contribution is 7.92. The van der Waals surface area contributed by atoms with Crippen LogP contribution in [0.15, 0.2) is 47.4 Å². The number of nitrogens with one attached hydrogen (secondary N) is 1. The predicted octanol–water partition coefficient (Wildman–Crippen LogP) is 3.62. The second-order valence-corrected chi connectivity index (χ2v) is 8.10. The Morgan fingerprint density at radius 2 is 1.72 bits per heavy atom. The Labute approximate surface area is 148 Å². The van der Waals surface area contributed by atoms with E-state index in [1.807, 2.05) is 32.0 Å². The molecule has 25 heavy (non-hydrogen) atoms.